The van der Waals surface area contributed by atoms with Crippen LogP contribution in [0.25, 0.3) is 0 Å². The second-order valence-corrected chi connectivity index (χ2v) is 7.61. The Hall–Kier alpha value is -1.57. The van der Waals surface area contributed by atoms with E-state index in [4.69, 9.17) is 4.74 Å². The van der Waals surface area contributed by atoms with Gasteiger partial charge in [0.25, 0.3) is 0 Å². The SMILES string of the molecule is C[C@@]1(C(=O)NCCCN2CCOCC2)Sc2ccccc2NC1=O. The first-order valence-electron chi connectivity index (χ1n) is 8.27. The number of anilines is 1. The summed E-state index contributed by atoms with van der Waals surface area (Å²) in [5.74, 6) is -0.502. The van der Waals surface area contributed by atoms with Gasteiger partial charge >= 0.3 is 0 Å². The Bertz CT molecular complexity index is 619. The van der Waals surface area contributed by atoms with Gasteiger partial charge in [-0.05, 0) is 32.0 Å². The van der Waals surface area contributed by atoms with Crippen molar-refractivity contribution in [3.05, 3.63) is 24.3 Å². The number of hydrogen-bond acceptors (Lipinski definition) is 5. The van der Waals surface area contributed by atoms with E-state index in [1.54, 1.807) is 6.92 Å². The van der Waals surface area contributed by atoms with Crippen LogP contribution in [-0.4, -0.2) is 60.9 Å². The standard InChI is InChI=1S/C17H23N3O3S/c1-17(16(22)19-13-5-2-3-6-14(13)24-17)15(21)18-7-4-8-20-9-11-23-12-10-20/h2-3,5-6H,4,7-12H2,1H3,(H,18,21)(H,19,22)/t17-/m0/s1. The molecule has 0 saturated carbocycles. The molecule has 1 fully saturated rings. The van der Waals surface area contributed by atoms with Crippen molar-refractivity contribution in [2.45, 2.75) is 23.0 Å². The van der Waals surface area contributed by atoms with Crippen molar-refractivity contribution in [1.82, 2.24) is 10.2 Å². The summed E-state index contributed by atoms with van der Waals surface area (Å²) in [6.45, 7) is 6.63. The number of carbonyl (C=O) groups excluding carboxylic acids is 2. The lowest BCUT2D eigenvalue weighted by Gasteiger charge is -2.32. The van der Waals surface area contributed by atoms with Gasteiger partial charge < -0.3 is 15.4 Å². The van der Waals surface area contributed by atoms with Gasteiger partial charge in [-0.1, -0.05) is 23.9 Å². The first kappa shape index (κ1) is 17.3. The number of ether oxygens (including phenoxy) is 1. The summed E-state index contributed by atoms with van der Waals surface area (Å²) in [5, 5.41) is 5.75. The van der Waals surface area contributed by atoms with E-state index >= 15 is 0 Å². The van der Waals surface area contributed by atoms with Gasteiger partial charge in [0.2, 0.25) is 11.8 Å². The number of morpholine rings is 1. The monoisotopic (exact) mass is 349 g/mol. The van der Waals surface area contributed by atoms with Crippen molar-refractivity contribution < 1.29 is 14.3 Å². The summed E-state index contributed by atoms with van der Waals surface area (Å²) >= 11 is 1.31. The van der Waals surface area contributed by atoms with Gasteiger partial charge in [0.1, 0.15) is 0 Å². The average molecular weight is 349 g/mol. The normalized spacial score (nSPS) is 24.1. The number of para-hydroxylation sites is 1. The third kappa shape index (κ3) is 3.74. The van der Waals surface area contributed by atoms with Crippen molar-refractivity contribution in [3.63, 3.8) is 0 Å². The third-order valence-corrected chi connectivity index (χ3v) is 5.71. The summed E-state index contributed by atoms with van der Waals surface area (Å²) in [6.07, 6.45) is 0.866. The van der Waals surface area contributed by atoms with Crippen LogP contribution in [0.4, 0.5) is 5.69 Å². The van der Waals surface area contributed by atoms with E-state index in [0.717, 1.165) is 49.9 Å². The summed E-state index contributed by atoms with van der Waals surface area (Å²) in [6, 6.07) is 7.54. The van der Waals surface area contributed by atoms with E-state index in [0.29, 0.717) is 6.54 Å². The molecule has 2 aliphatic heterocycles. The van der Waals surface area contributed by atoms with Crippen molar-refractivity contribution in [2.75, 3.05) is 44.7 Å². The lowest BCUT2D eigenvalue weighted by atomic mass is 10.1. The molecule has 1 saturated heterocycles. The lowest BCUT2D eigenvalue weighted by molar-refractivity contribution is -0.129. The molecular formula is C17H23N3O3S. The van der Waals surface area contributed by atoms with Crippen molar-refractivity contribution >= 4 is 29.3 Å². The Labute approximate surface area is 146 Å². The summed E-state index contributed by atoms with van der Waals surface area (Å²) in [5.41, 5.74) is 0.769. The quantitative estimate of drug-likeness (QED) is 0.620. The number of carbonyl (C=O) groups is 2. The fourth-order valence-electron chi connectivity index (χ4n) is 2.81. The molecule has 0 radical (unpaired) electrons. The lowest BCUT2D eigenvalue weighted by Crippen LogP contribution is -2.52. The predicted octanol–water partition coefficient (Wildman–Crippen LogP) is 1.33. The maximum atomic E-state index is 12.6. The van der Waals surface area contributed by atoms with Gasteiger partial charge in [-0.2, -0.15) is 0 Å². The number of hydrogen-bond donors (Lipinski definition) is 2. The minimum absolute atomic E-state index is 0.235. The highest BCUT2D eigenvalue weighted by Crippen LogP contribution is 2.42. The number of nitrogens with one attached hydrogen (secondary N) is 2. The van der Waals surface area contributed by atoms with E-state index in [1.807, 2.05) is 24.3 Å². The molecule has 1 aromatic carbocycles. The minimum Gasteiger partial charge on any atom is -0.379 e. The molecule has 2 heterocycles. The maximum absolute atomic E-state index is 12.6. The topological polar surface area (TPSA) is 70.7 Å². The zero-order valence-corrected chi connectivity index (χ0v) is 14.7. The smallest absolute Gasteiger partial charge is 0.250 e. The minimum atomic E-state index is -1.13. The molecule has 24 heavy (non-hydrogen) atoms. The molecule has 130 valence electrons. The Morgan fingerprint density at radius 1 is 1.38 bits per heavy atom. The predicted molar refractivity (Wildman–Crippen MR) is 94.2 cm³/mol. The Balaban J connectivity index is 1.51. The van der Waals surface area contributed by atoms with E-state index in [-0.39, 0.29) is 11.8 Å². The van der Waals surface area contributed by atoms with Gasteiger partial charge in [0.15, 0.2) is 4.75 Å². The van der Waals surface area contributed by atoms with Crippen LogP contribution in [0.3, 0.4) is 0 Å². The molecule has 0 unspecified atom stereocenters. The molecule has 0 bridgehead atoms. The molecular weight excluding hydrogens is 326 g/mol. The average Bonchev–Trinajstić information content (AvgIpc) is 2.60. The Kier molecular flexibility index (Phi) is 5.43. The van der Waals surface area contributed by atoms with Crippen molar-refractivity contribution in [1.29, 1.82) is 0 Å². The molecule has 6 nitrogen and oxygen atoms in total. The van der Waals surface area contributed by atoms with Crippen LogP contribution < -0.4 is 10.6 Å². The van der Waals surface area contributed by atoms with Gasteiger partial charge in [0.05, 0.1) is 18.9 Å². The fourth-order valence-corrected chi connectivity index (χ4v) is 3.94. The number of fused-ring (bicyclic) bond motifs is 1. The van der Waals surface area contributed by atoms with Gasteiger partial charge in [-0.3, -0.25) is 14.5 Å². The van der Waals surface area contributed by atoms with Crippen LogP contribution in [0.15, 0.2) is 29.2 Å². The van der Waals surface area contributed by atoms with E-state index in [2.05, 4.69) is 15.5 Å². The highest BCUT2D eigenvalue weighted by atomic mass is 32.2. The van der Waals surface area contributed by atoms with Crippen LogP contribution in [0, 0.1) is 0 Å². The maximum Gasteiger partial charge on any atom is 0.250 e. The highest BCUT2D eigenvalue weighted by Gasteiger charge is 2.45. The zero-order chi connectivity index (χ0) is 17.0. The van der Waals surface area contributed by atoms with Gasteiger partial charge in [0, 0.05) is 24.5 Å². The van der Waals surface area contributed by atoms with Crippen LogP contribution in [-0.2, 0) is 14.3 Å². The van der Waals surface area contributed by atoms with E-state index in [9.17, 15) is 9.59 Å². The first-order valence-corrected chi connectivity index (χ1v) is 9.09. The summed E-state index contributed by atoms with van der Waals surface area (Å²) in [7, 11) is 0. The molecule has 2 amide bonds. The number of benzene rings is 1. The molecule has 1 aromatic rings. The molecule has 1 atom stereocenters. The number of nitrogens with zero attached hydrogens (tertiary/aromatic N) is 1. The number of thioether (sulfide) groups is 1. The van der Waals surface area contributed by atoms with Crippen LogP contribution >= 0.6 is 11.8 Å². The number of amides is 2. The molecule has 0 aromatic heterocycles. The number of rotatable bonds is 5. The second-order valence-electron chi connectivity index (χ2n) is 6.15. The Morgan fingerprint density at radius 3 is 2.92 bits per heavy atom. The first-order chi connectivity index (χ1) is 11.6. The molecule has 2 aliphatic rings. The summed E-state index contributed by atoms with van der Waals surface area (Å²) in [4.78, 5) is 28.2. The Morgan fingerprint density at radius 2 is 2.12 bits per heavy atom. The van der Waals surface area contributed by atoms with Crippen LogP contribution in [0.1, 0.15) is 13.3 Å². The zero-order valence-electron chi connectivity index (χ0n) is 13.8. The largest absolute Gasteiger partial charge is 0.379 e. The molecule has 3 rings (SSSR count). The molecule has 0 spiro atoms. The molecule has 7 heteroatoms. The van der Waals surface area contributed by atoms with Crippen molar-refractivity contribution in [2.24, 2.45) is 0 Å². The van der Waals surface area contributed by atoms with E-state index in [1.165, 1.54) is 11.8 Å². The second kappa shape index (κ2) is 7.55. The highest BCUT2D eigenvalue weighted by molar-refractivity contribution is 8.02. The fraction of sp³-hybridized carbons (Fsp3) is 0.529. The molecule has 0 aliphatic carbocycles. The van der Waals surface area contributed by atoms with Gasteiger partial charge in [-0.25, -0.2) is 0 Å². The van der Waals surface area contributed by atoms with Crippen LogP contribution in [0.2, 0.25) is 0 Å². The van der Waals surface area contributed by atoms with E-state index < -0.39 is 4.75 Å². The van der Waals surface area contributed by atoms with Gasteiger partial charge in [-0.15, -0.1) is 0 Å². The van der Waals surface area contributed by atoms with Crippen molar-refractivity contribution in [3.8, 4) is 0 Å². The molecule has 2 N–H and O–H groups in total. The summed E-state index contributed by atoms with van der Waals surface area (Å²) < 4.78 is 4.19. The van der Waals surface area contributed by atoms with Crippen LogP contribution in [0.5, 0.6) is 0 Å². The third-order valence-electron chi connectivity index (χ3n) is 4.36.